The van der Waals surface area contributed by atoms with Gasteiger partial charge in [-0.15, -0.1) is 0 Å². The predicted molar refractivity (Wildman–Crippen MR) is 127 cm³/mol. The Hall–Kier alpha value is -3.61. The van der Waals surface area contributed by atoms with Crippen molar-refractivity contribution in [1.82, 2.24) is 9.88 Å². The smallest absolute Gasteiger partial charge is 0.263 e. The zero-order valence-corrected chi connectivity index (χ0v) is 19.0. The molecule has 1 aliphatic heterocycles. The van der Waals surface area contributed by atoms with Gasteiger partial charge in [-0.2, -0.15) is 0 Å². The normalized spacial score (nSPS) is 15.3. The number of ether oxygens (including phenoxy) is 2. The van der Waals surface area contributed by atoms with Crippen molar-refractivity contribution in [3.63, 3.8) is 0 Å². The number of methoxy groups -OCH3 is 1. The maximum absolute atomic E-state index is 13.2. The van der Waals surface area contributed by atoms with Crippen LogP contribution in [0.3, 0.4) is 0 Å². The van der Waals surface area contributed by atoms with Crippen LogP contribution in [0.15, 0.2) is 54.6 Å². The molecule has 2 aromatic carbocycles. The number of hydrogen-bond acceptors (Lipinski definition) is 5. The lowest BCUT2D eigenvalue weighted by Crippen LogP contribution is -2.45. The maximum atomic E-state index is 13.2. The topological polar surface area (TPSA) is 94.8 Å². The number of nitrogens with two attached hydrogens (primary N) is 1. The molecular weight excluding hydrogens is 418 g/mol. The largest absolute Gasteiger partial charge is 0.497 e. The molecule has 4 rings (SSSR count). The van der Waals surface area contributed by atoms with Gasteiger partial charge in [0, 0.05) is 30.5 Å². The van der Waals surface area contributed by atoms with Crippen LogP contribution in [0.25, 0.3) is 10.9 Å². The van der Waals surface area contributed by atoms with Crippen LogP contribution in [-0.2, 0) is 4.79 Å². The molecule has 1 aliphatic rings. The first kappa shape index (κ1) is 22.6. The first-order valence-corrected chi connectivity index (χ1v) is 11.3. The van der Waals surface area contributed by atoms with Crippen molar-refractivity contribution in [3.05, 3.63) is 65.9 Å². The Labute approximate surface area is 193 Å². The summed E-state index contributed by atoms with van der Waals surface area (Å²) in [6, 6.07) is 16.8. The van der Waals surface area contributed by atoms with Crippen molar-refractivity contribution in [2.45, 2.75) is 38.2 Å². The number of rotatable bonds is 7. The molecule has 1 aromatic heterocycles. The van der Waals surface area contributed by atoms with Gasteiger partial charge in [0.15, 0.2) is 6.10 Å². The van der Waals surface area contributed by atoms with E-state index in [-0.39, 0.29) is 11.8 Å². The van der Waals surface area contributed by atoms with Crippen molar-refractivity contribution in [1.29, 1.82) is 0 Å². The highest BCUT2D eigenvalue weighted by molar-refractivity contribution is 5.97. The summed E-state index contributed by atoms with van der Waals surface area (Å²) in [6.07, 6.45) is 1.43. The fraction of sp³-hybridized carbons (Fsp3) is 0.346. The third-order valence-electron chi connectivity index (χ3n) is 6.18. The fourth-order valence-electron chi connectivity index (χ4n) is 4.36. The molecule has 172 valence electrons. The number of para-hydroxylation sites is 1. The van der Waals surface area contributed by atoms with E-state index in [9.17, 15) is 9.59 Å². The summed E-state index contributed by atoms with van der Waals surface area (Å²) < 4.78 is 11.2. The zero-order chi connectivity index (χ0) is 23.4. The van der Waals surface area contributed by atoms with Gasteiger partial charge in [-0.05, 0) is 43.5 Å². The van der Waals surface area contributed by atoms with Crippen LogP contribution in [0.4, 0.5) is 0 Å². The van der Waals surface area contributed by atoms with E-state index in [0.29, 0.717) is 49.4 Å². The molecule has 0 bridgehead atoms. The van der Waals surface area contributed by atoms with Crippen molar-refractivity contribution < 1.29 is 19.1 Å². The Morgan fingerprint density at radius 2 is 1.82 bits per heavy atom. The summed E-state index contributed by atoms with van der Waals surface area (Å²) in [7, 11) is 1.60. The predicted octanol–water partition coefficient (Wildman–Crippen LogP) is 3.91. The number of primary amides is 1. The Bertz CT molecular complexity index is 1160. The molecule has 0 unspecified atom stereocenters. The van der Waals surface area contributed by atoms with Crippen molar-refractivity contribution in [2.75, 3.05) is 20.2 Å². The molecule has 2 heterocycles. The van der Waals surface area contributed by atoms with Crippen LogP contribution in [0.2, 0.25) is 0 Å². The van der Waals surface area contributed by atoms with Crippen LogP contribution in [0, 0.1) is 0 Å². The molecule has 1 saturated heterocycles. The van der Waals surface area contributed by atoms with E-state index in [1.54, 1.807) is 13.2 Å². The standard InChI is InChI=1S/C26H29N3O4/c1-3-23(33-20-9-6-8-19(16-20)32-2)26(31)29-13-11-17(12-14-29)24-21(25(27)30)15-18-7-4-5-10-22(18)28-24/h4-10,15-17,23H,3,11-14H2,1-2H3,(H2,27,30)/t23-/m1/s1. The van der Waals surface area contributed by atoms with Crippen LogP contribution >= 0.6 is 0 Å². The van der Waals surface area contributed by atoms with E-state index in [1.165, 1.54) is 0 Å². The van der Waals surface area contributed by atoms with E-state index in [2.05, 4.69) is 0 Å². The Morgan fingerprint density at radius 1 is 1.09 bits per heavy atom. The highest BCUT2D eigenvalue weighted by Crippen LogP contribution is 2.31. The van der Waals surface area contributed by atoms with Crippen molar-refractivity contribution >= 4 is 22.7 Å². The van der Waals surface area contributed by atoms with E-state index in [1.807, 2.05) is 60.4 Å². The molecule has 0 saturated carbocycles. The maximum Gasteiger partial charge on any atom is 0.263 e. The number of benzene rings is 2. The molecule has 2 amide bonds. The van der Waals surface area contributed by atoms with Crippen LogP contribution in [-0.4, -0.2) is 48.0 Å². The summed E-state index contributed by atoms with van der Waals surface area (Å²) in [5.74, 6) is 0.861. The highest BCUT2D eigenvalue weighted by Gasteiger charge is 2.31. The number of nitrogens with zero attached hydrogens (tertiary/aromatic N) is 2. The SMILES string of the molecule is CC[C@@H](Oc1cccc(OC)c1)C(=O)N1CCC(c2nc3ccccc3cc2C(N)=O)CC1. The second-order valence-corrected chi connectivity index (χ2v) is 8.27. The molecule has 7 nitrogen and oxygen atoms in total. The Morgan fingerprint density at radius 3 is 2.52 bits per heavy atom. The minimum absolute atomic E-state index is 0.0274. The number of fused-ring (bicyclic) bond motifs is 1. The molecular formula is C26H29N3O4. The van der Waals surface area contributed by atoms with Gasteiger partial charge in [0.25, 0.3) is 11.8 Å². The van der Waals surface area contributed by atoms with Gasteiger partial charge in [-0.3, -0.25) is 14.6 Å². The lowest BCUT2D eigenvalue weighted by molar-refractivity contribution is -0.140. The second kappa shape index (κ2) is 9.90. The number of aromatic nitrogens is 1. The third-order valence-corrected chi connectivity index (χ3v) is 6.18. The minimum atomic E-state index is -0.561. The molecule has 3 aromatic rings. The average Bonchev–Trinajstić information content (AvgIpc) is 2.86. The first-order chi connectivity index (χ1) is 16.0. The monoisotopic (exact) mass is 447 g/mol. The van der Waals surface area contributed by atoms with E-state index in [0.717, 1.165) is 16.6 Å². The van der Waals surface area contributed by atoms with Gasteiger partial charge in [-0.25, -0.2) is 0 Å². The van der Waals surface area contributed by atoms with Crippen LogP contribution in [0.5, 0.6) is 11.5 Å². The summed E-state index contributed by atoms with van der Waals surface area (Å²) in [5, 5.41) is 0.892. The van der Waals surface area contributed by atoms with E-state index < -0.39 is 12.0 Å². The van der Waals surface area contributed by atoms with Crippen LogP contribution < -0.4 is 15.2 Å². The summed E-state index contributed by atoms with van der Waals surface area (Å²) in [6.45, 7) is 3.09. The average molecular weight is 448 g/mol. The fourth-order valence-corrected chi connectivity index (χ4v) is 4.36. The Kier molecular flexibility index (Phi) is 6.77. The van der Waals surface area contributed by atoms with Gasteiger partial charge >= 0.3 is 0 Å². The van der Waals surface area contributed by atoms with Crippen molar-refractivity contribution in [3.8, 4) is 11.5 Å². The number of likely N-dealkylation sites (tertiary alicyclic amines) is 1. The molecule has 0 spiro atoms. The molecule has 0 aliphatic carbocycles. The van der Waals surface area contributed by atoms with Crippen LogP contribution in [0.1, 0.15) is 48.2 Å². The molecule has 0 radical (unpaired) electrons. The summed E-state index contributed by atoms with van der Waals surface area (Å²) in [4.78, 5) is 31.9. The molecule has 33 heavy (non-hydrogen) atoms. The number of amides is 2. The second-order valence-electron chi connectivity index (χ2n) is 8.27. The number of pyridine rings is 1. The number of carbonyl (C=O) groups excluding carboxylic acids is 2. The van der Waals surface area contributed by atoms with Gasteiger partial charge in [0.2, 0.25) is 0 Å². The van der Waals surface area contributed by atoms with E-state index >= 15 is 0 Å². The highest BCUT2D eigenvalue weighted by atomic mass is 16.5. The number of hydrogen-bond donors (Lipinski definition) is 1. The zero-order valence-electron chi connectivity index (χ0n) is 19.0. The lowest BCUT2D eigenvalue weighted by Gasteiger charge is -2.34. The Balaban J connectivity index is 1.46. The molecule has 1 atom stereocenters. The van der Waals surface area contributed by atoms with Gasteiger partial charge < -0.3 is 20.1 Å². The minimum Gasteiger partial charge on any atom is -0.497 e. The molecule has 2 N–H and O–H groups in total. The number of piperidine rings is 1. The number of carbonyl (C=O) groups is 2. The quantitative estimate of drug-likeness (QED) is 0.593. The summed E-state index contributed by atoms with van der Waals surface area (Å²) in [5.41, 5.74) is 7.71. The lowest BCUT2D eigenvalue weighted by atomic mass is 9.89. The third kappa shape index (κ3) is 4.92. The first-order valence-electron chi connectivity index (χ1n) is 11.3. The molecule has 7 heteroatoms. The van der Waals surface area contributed by atoms with Crippen molar-refractivity contribution in [2.24, 2.45) is 5.73 Å². The van der Waals surface area contributed by atoms with Gasteiger partial charge in [-0.1, -0.05) is 31.2 Å². The summed E-state index contributed by atoms with van der Waals surface area (Å²) >= 11 is 0. The van der Waals surface area contributed by atoms with E-state index in [4.69, 9.17) is 20.2 Å². The van der Waals surface area contributed by atoms with Gasteiger partial charge in [0.1, 0.15) is 11.5 Å². The van der Waals surface area contributed by atoms with Gasteiger partial charge in [0.05, 0.1) is 23.9 Å². The molecule has 1 fully saturated rings.